The average Bonchev–Trinajstić information content (AvgIpc) is 2.67. The lowest BCUT2D eigenvalue weighted by Crippen LogP contribution is -2.45. The first-order valence-corrected chi connectivity index (χ1v) is 5.25. The zero-order valence-electron chi connectivity index (χ0n) is 7.77. The third-order valence-electron chi connectivity index (χ3n) is 2.46. The number of rotatable bonds is 0. The summed E-state index contributed by atoms with van der Waals surface area (Å²) in [4.78, 5) is 1.21. The van der Waals surface area contributed by atoms with Crippen molar-refractivity contribution in [1.82, 2.24) is 4.40 Å². The van der Waals surface area contributed by atoms with Gasteiger partial charge in [-0.15, -0.1) is 0 Å². The van der Waals surface area contributed by atoms with Crippen LogP contribution in [0.15, 0.2) is 30.5 Å². The van der Waals surface area contributed by atoms with Crippen LogP contribution in [0.25, 0.3) is 15.9 Å². The molecular weight excluding hydrogens is 194 g/mol. The van der Waals surface area contributed by atoms with Crippen LogP contribution in [0.1, 0.15) is 5.01 Å². The Labute approximate surface area is 85.0 Å². The first-order chi connectivity index (χ1) is 6.77. The predicted molar refractivity (Wildman–Crippen MR) is 57.9 cm³/mol. The van der Waals surface area contributed by atoms with Gasteiger partial charge in [0.1, 0.15) is 0 Å². The van der Waals surface area contributed by atoms with E-state index >= 15 is 0 Å². The zero-order valence-corrected chi connectivity index (χ0v) is 8.58. The van der Waals surface area contributed by atoms with Crippen molar-refractivity contribution < 1.29 is 4.68 Å². The number of hydrogen-bond acceptors (Lipinski definition) is 2. The molecule has 3 aromatic rings. The molecule has 0 atom stereocenters. The molecule has 2 N–H and O–H groups in total. The summed E-state index contributed by atoms with van der Waals surface area (Å²) in [6.07, 6.45) is 2.06. The standard InChI is InChI=1S/C10H10N3S/c1-7-13(11)9-6-8-4-2-3-5-12(8)10(9)14-7/h2-6H,11H2,1H3/q+1. The number of pyridine rings is 1. The van der Waals surface area contributed by atoms with Gasteiger partial charge in [0, 0.05) is 19.2 Å². The zero-order chi connectivity index (χ0) is 9.71. The molecule has 3 rings (SSSR count). The van der Waals surface area contributed by atoms with Crippen molar-refractivity contribution in [3.05, 3.63) is 35.5 Å². The molecule has 0 aliphatic heterocycles. The van der Waals surface area contributed by atoms with Crippen LogP contribution < -0.4 is 10.5 Å². The van der Waals surface area contributed by atoms with Gasteiger partial charge in [0.2, 0.25) is 0 Å². The molecule has 0 bridgehead atoms. The molecule has 70 valence electrons. The van der Waals surface area contributed by atoms with Gasteiger partial charge in [-0.05, 0) is 23.5 Å². The SMILES string of the molecule is Cc1sc2c(cc3ccccn32)[n+]1N. The van der Waals surface area contributed by atoms with Gasteiger partial charge in [-0.3, -0.25) is 0 Å². The lowest BCUT2D eigenvalue weighted by molar-refractivity contribution is -0.613. The van der Waals surface area contributed by atoms with Crippen molar-refractivity contribution in [2.45, 2.75) is 6.92 Å². The van der Waals surface area contributed by atoms with E-state index in [-0.39, 0.29) is 0 Å². The lowest BCUT2D eigenvalue weighted by atomic mass is 10.4. The van der Waals surface area contributed by atoms with Crippen molar-refractivity contribution in [3.8, 4) is 0 Å². The Kier molecular flexibility index (Phi) is 1.39. The van der Waals surface area contributed by atoms with Crippen molar-refractivity contribution in [2.24, 2.45) is 0 Å². The molecule has 3 aromatic heterocycles. The van der Waals surface area contributed by atoms with Gasteiger partial charge in [-0.25, -0.2) is 5.84 Å². The number of nitrogen functional groups attached to an aromatic ring is 1. The molecule has 0 amide bonds. The van der Waals surface area contributed by atoms with Crippen molar-refractivity contribution in [2.75, 3.05) is 5.84 Å². The number of aryl methyl sites for hydroxylation is 1. The van der Waals surface area contributed by atoms with Gasteiger partial charge in [-0.1, -0.05) is 10.7 Å². The van der Waals surface area contributed by atoms with Gasteiger partial charge < -0.3 is 4.40 Å². The van der Waals surface area contributed by atoms with Crippen LogP contribution in [0.4, 0.5) is 0 Å². The highest BCUT2D eigenvalue weighted by Crippen LogP contribution is 2.22. The smallest absolute Gasteiger partial charge is 0.272 e. The second-order valence-corrected chi connectivity index (χ2v) is 4.50. The molecule has 0 saturated heterocycles. The van der Waals surface area contributed by atoms with Gasteiger partial charge in [0.15, 0.2) is 4.83 Å². The summed E-state index contributed by atoms with van der Waals surface area (Å²) in [7, 11) is 0. The van der Waals surface area contributed by atoms with E-state index in [1.807, 2.05) is 19.1 Å². The molecule has 0 aliphatic carbocycles. The Morgan fingerprint density at radius 3 is 3.14 bits per heavy atom. The Morgan fingerprint density at radius 2 is 2.29 bits per heavy atom. The van der Waals surface area contributed by atoms with E-state index in [4.69, 9.17) is 5.84 Å². The van der Waals surface area contributed by atoms with Crippen molar-refractivity contribution >= 4 is 27.2 Å². The van der Waals surface area contributed by atoms with E-state index in [9.17, 15) is 0 Å². The molecule has 0 unspecified atom stereocenters. The minimum atomic E-state index is 1.10. The highest BCUT2D eigenvalue weighted by atomic mass is 32.1. The Morgan fingerprint density at radius 1 is 1.43 bits per heavy atom. The second kappa shape index (κ2) is 2.48. The fraction of sp³-hybridized carbons (Fsp3) is 0.100. The first-order valence-electron chi connectivity index (χ1n) is 4.44. The van der Waals surface area contributed by atoms with Gasteiger partial charge >= 0.3 is 0 Å². The van der Waals surface area contributed by atoms with E-state index in [2.05, 4.69) is 22.7 Å². The van der Waals surface area contributed by atoms with Crippen molar-refractivity contribution in [1.29, 1.82) is 0 Å². The van der Waals surface area contributed by atoms with Gasteiger partial charge in [0.05, 0.1) is 5.52 Å². The first kappa shape index (κ1) is 7.82. The van der Waals surface area contributed by atoms with Crippen LogP contribution in [0.2, 0.25) is 0 Å². The topological polar surface area (TPSA) is 34.3 Å². The monoisotopic (exact) mass is 204 g/mol. The minimum Gasteiger partial charge on any atom is -0.303 e. The fourth-order valence-electron chi connectivity index (χ4n) is 1.72. The second-order valence-electron chi connectivity index (χ2n) is 3.32. The van der Waals surface area contributed by atoms with Crippen LogP contribution in [-0.4, -0.2) is 4.40 Å². The maximum Gasteiger partial charge on any atom is 0.272 e. The van der Waals surface area contributed by atoms with E-state index in [0.717, 1.165) is 10.5 Å². The number of aromatic nitrogens is 2. The van der Waals surface area contributed by atoms with Crippen LogP contribution in [-0.2, 0) is 0 Å². The maximum absolute atomic E-state index is 5.92. The molecule has 0 saturated carbocycles. The number of fused-ring (bicyclic) bond motifs is 3. The summed E-state index contributed by atoms with van der Waals surface area (Å²) in [5.41, 5.74) is 2.28. The van der Waals surface area contributed by atoms with E-state index in [1.165, 1.54) is 10.3 Å². The normalized spacial score (nSPS) is 11.5. The van der Waals surface area contributed by atoms with Crippen LogP contribution in [0.3, 0.4) is 0 Å². The molecule has 3 nitrogen and oxygen atoms in total. The van der Waals surface area contributed by atoms with Crippen molar-refractivity contribution in [3.63, 3.8) is 0 Å². The molecule has 0 spiro atoms. The molecule has 0 aromatic carbocycles. The fourth-order valence-corrected chi connectivity index (χ4v) is 2.72. The van der Waals surface area contributed by atoms with Crippen LogP contribution in [0.5, 0.6) is 0 Å². The molecule has 0 aliphatic rings. The number of nitrogens with zero attached hydrogens (tertiary/aromatic N) is 2. The largest absolute Gasteiger partial charge is 0.303 e. The number of thiazole rings is 1. The van der Waals surface area contributed by atoms with E-state index < -0.39 is 0 Å². The average molecular weight is 204 g/mol. The highest BCUT2D eigenvalue weighted by molar-refractivity contribution is 7.17. The molecule has 14 heavy (non-hydrogen) atoms. The quantitative estimate of drug-likeness (QED) is 0.436. The number of nitrogens with two attached hydrogens (primary N) is 1. The Hall–Kier alpha value is -1.55. The minimum absolute atomic E-state index is 1.10. The van der Waals surface area contributed by atoms with E-state index in [1.54, 1.807) is 16.0 Å². The Balaban J connectivity index is 2.60. The third-order valence-corrected chi connectivity index (χ3v) is 3.55. The van der Waals surface area contributed by atoms with Gasteiger partial charge in [0.25, 0.3) is 10.5 Å². The van der Waals surface area contributed by atoms with Crippen LogP contribution >= 0.6 is 11.3 Å². The summed E-state index contributed by atoms with van der Waals surface area (Å²) in [6, 6.07) is 8.26. The summed E-state index contributed by atoms with van der Waals surface area (Å²) < 4.78 is 3.91. The summed E-state index contributed by atoms with van der Waals surface area (Å²) >= 11 is 1.72. The molecule has 0 fully saturated rings. The summed E-state index contributed by atoms with van der Waals surface area (Å²) in [6.45, 7) is 2.03. The lowest BCUT2D eigenvalue weighted by Gasteiger charge is -1.89. The maximum atomic E-state index is 5.92. The molecule has 0 radical (unpaired) electrons. The predicted octanol–water partition coefficient (Wildman–Crippen LogP) is 1.46. The van der Waals surface area contributed by atoms with E-state index in [0.29, 0.717) is 0 Å². The highest BCUT2D eigenvalue weighted by Gasteiger charge is 2.18. The van der Waals surface area contributed by atoms with Crippen LogP contribution in [0, 0.1) is 6.92 Å². The summed E-state index contributed by atoms with van der Waals surface area (Å²) in [5.74, 6) is 5.92. The Bertz CT molecular complexity index is 621. The van der Waals surface area contributed by atoms with Gasteiger partial charge in [-0.2, -0.15) is 0 Å². The molecular formula is C10H10N3S+. The third kappa shape index (κ3) is 0.834. The molecule has 4 heteroatoms. The molecule has 3 heterocycles. The summed E-state index contributed by atoms with van der Waals surface area (Å²) in [5, 5.41) is 1.12. The number of hydrogen-bond donors (Lipinski definition) is 1.